The molecule has 0 aliphatic rings. The molecule has 1 amide bonds. The zero-order valence-electron chi connectivity index (χ0n) is 20.5. The fraction of sp³-hybridized carbons (Fsp3) is 0.947. The Hall–Kier alpha value is -1.68. The van der Waals surface area contributed by atoms with Crippen molar-refractivity contribution in [2.75, 3.05) is 61.3 Å². The van der Waals surface area contributed by atoms with Gasteiger partial charge < -0.3 is 14.8 Å². The summed E-state index contributed by atoms with van der Waals surface area (Å²) in [5, 5.41) is 2.57. The Labute approximate surface area is 203 Å². The van der Waals surface area contributed by atoms with Gasteiger partial charge in [-0.15, -0.1) is 17.6 Å². The van der Waals surface area contributed by atoms with Crippen LogP contribution in [0.5, 0.6) is 0 Å². The summed E-state index contributed by atoms with van der Waals surface area (Å²) in [5.41, 5.74) is 0. The molecule has 0 radical (unpaired) electrons. The number of unbranched alkanes of at least 4 members (excludes halogenated alkanes) is 4. The molecule has 36 heavy (non-hydrogen) atoms. The highest BCUT2D eigenvalue weighted by atomic mass is 19.5. The van der Waals surface area contributed by atoms with Gasteiger partial charge in [-0.2, -0.15) is 0 Å². The molecule has 0 aliphatic heterocycles. The minimum absolute atomic E-state index is 0.151. The summed E-state index contributed by atoms with van der Waals surface area (Å²) in [6.45, 7) is -1.93. The molecule has 0 heterocycles. The van der Waals surface area contributed by atoms with Gasteiger partial charge in [0.05, 0.1) is 13.9 Å². The van der Waals surface area contributed by atoms with Crippen LogP contribution in [0, 0.1) is 0 Å². The summed E-state index contributed by atoms with van der Waals surface area (Å²) in [6.07, 6.45) is 0.385. The lowest BCUT2D eigenvalue weighted by Crippen LogP contribution is -2.25. The van der Waals surface area contributed by atoms with Crippen LogP contribution < -0.4 is 5.32 Å². The van der Waals surface area contributed by atoms with E-state index in [-0.39, 0.29) is 13.3 Å². The molecule has 17 heteroatoms. The van der Waals surface area contributed by atoms with Crippen LogP contribution in [0.1, 0.15) is 52.4 Å². The number of rotatable bonds is 11. The fourth-order valence-electron chi connectivity index (χ4n) is 1.13. The highest BCUT2D eigenvalue weighted by Crippen LogP contribution is 2.13. The van der Waals surface area contributed by atoms with Gasteiger partial charge in [0.1, 0.15) is 13.3 Å². The second-order valence-corrected chi connectivity index (χ2v) is 4.91. The number of nitrogens with one attached hydrogen (secondary N) is 1. The maximum absolute atomic E-state index is 11.6. The number of carbonyl (C=O) groups is 1. The molecule has 0 spiro atoms. The van der Waals surface area contributed by atoms with Gasteiger partial charge in [-0.3, -0.25) is 8.78 Å². The third-order valence-corrected chi connectivity index (χ3v) is 2.20. The summed E-state index contributed by atoms with van der Waals surface area (Å²) in [5.74, 6) is 0. The number of amides is 1. The van der Waals surface area contributed by atoms with Crippen molar-refractivity contribution in [1.82, 2.24) is 5.32 Å². The SMILES string of the molecule is CCCCCCCNC(=O)OCCF.CCCF.CF.FC(F)(F)F.FCF.FCF.FCOCF. The van der Waals surface area contributed by atoms with E-state index in [1.807, 2.05) is 0 Å². The first-order valence-corrected chi connectivity index (χ1v) is 10.1. The standard InChI is InChI=1S/C10H20FNO2.C3H7F.C2H4F2O.CF4.2CH2F2.CH3F/c1-2-3-4-5-6-8-12-10(13)14-9-7-11;1-2-3-4;3-1-5-2-4;2-1(3,4)5;2*2-1-3;1-2/h2-9H2,1H3,(H,12,13);2-3H2,1H3;1-2H2;;2*1H2;1H3. The first kappa shape index (κ1) is 51.1. The zero-order chi connectivity index (χ0) is 30.1. The van der Waals surface area contributed by atoms with Crippen molar-refractivity contribution < 1.29 is 71.3 Å². The van der Waals surface area contributed by atoms with Gasteiger partial charge in [-0.05, 0) is 12.8 Å². The van der Waals surface area contributed by atoms with Crippen LogP contribution in [-0.4, -0.2) is 73.8 Å². The highest BCUT2D eigenvalue weighted by Gasteiger charge is 2.24. The number of alkyl carbamates (subject to hydrolysis) is 1. The molecule has 0 unspecified atom stereocenters. The molecule has 0 aromatic rings. The van der Waals surface area contributed by atoms with E-state index in [1.165, 1.54) is 19.3 Å². The van der Waals surface area contributed by atoms with E-state index in [2.05, 4.69) is 21.7 Å². The largest absolute Gasteiger partial charge is 0.559 e. The predicted molar refractivity (Wildman–Crippen MR) is 112 cm³/mol. The first-order chi connectivity index (χ1) is 17.0. The van der Waals surface area contributed by atoms with E-state index >= 15 is 0 Å². The van der Waals surface area contributed by atoms with Gasteiger partial charge in [-0.25, -0.2) is 35.5 Å². The third kappa shape index (κ3) is 179. The summed E-state index contributed by atoms with van der Waals surface area (Å²) in [7, 11) is 0.500. The van der Waals surface area contributed by atoms with E-state index < -0.39 is 46.8 Å². The quantitative estimate of drug-likeness (QED) is 0.198. The van der Waals surface area contributed by atoms with Crippen molar-refractivity contribution in [2.45, 2.75) is 58.8 Å². The van der Waals surface area contributed by atoms with Gasteiger partial charge in [0.2, 0.25) is 13.9 Å². The van der Waals surface area contributed by atoms with Gasteiger partial charge in [-0.1, -0.05) is 39.5 Å². The fourth-order valence-corrected chi connectivity index (χ4v) is 1.13. The van der Waals surface area contributed by atoms with Crippen molar-refractivity contribution in [2.24, 2.45) is 0 Å². The Bertz CT molecular complexity index is 309. The lowest BCUT2D eigenvalue weighted by molar-refractivity contribution is -0.237. The number of ether oxygens (including phenoxy) is 2. The molecule has 0 atom stereocenters. The van der Waals surface area contributed by atoms with Crippen molar-refractivity contribution in [1.29, 1.82) is 0 Å². The monoisotopic (exact) mass is 575 g/mol. The Morgan fingerprint density at radius 3 is 1.31 bits per heavy atom. The Morgan fingerprint density at radius 1 is 0.694 bits per heavy atom. The molecule has 0 saturated carbocycles. The van der Waals surface area contributed by atoms with Gasteiger partial charge >= 0.3 is 12.5 Å². The van der Waals surface area contributed by atoms with Crippen LogP contribution in [0.25, 0.3) is 0 Å². The number of alkyl halides is 13. The van der Waals surface area contributed by atoms with E-state index in [4.69, 9.17) is 0 Å². The van der Waals surface area contributed by atoms with Gasteiger partial charge in [0.15, 0.2) is 13.7 Å². The van der Waals surface area contributed by atoms with Crippen molar-refractivity contribution in [3.8, 4) is 0 Å². The van der Waals surface area contributed by atoms with E-state index in [0.29, 0.717) is 20.1 Å². The zero-order valence-corrected chi connectivity index (χ0v) is 20.5. The normalized spacial score (nSPS) is 8.67. The van der Waals surface area contributed by atoms with Crippen molar-refractivity contribution in [3.05, 3.63) is 0 Å². The molecule has 1 N–H and O–H groups in total. The Balaban J connectivity index is -0.0000000634. The molecular weight excluding hydrogens is 537 g/mol. The van der Waals surface area contributed by atoms with Crippen LogP contribution in [0.4, 0.5) is 61.9 Å². The molecular formula is C19H38F13NO3. The minimum Gasteiger partial charge on any atom is -0.447 e. The van der Waals surface area contributed by atoms with Crippen molar-refractivity contribution >= 4 is 6.09 Å². The first-order valence-electron chi connectivity index (χ1n) is 10.1. The molecule has 228 valence electrons. The minimum atomic E-state index is -5.50. The lowest BCUT2D eigenvalue weighted by Gasteiger charge is -2.04. The number of hydrogen-bond donors (Lipinski definition) is 1. The van der Waals surface area contributed by atoms with Crippen LogP contribution >= 0.6 is 0 Å². The average molecular weight is 575 g/mol. The maximum atomic E-state index is 11.6. The Kier molecular flexibility index (Phi) is 83.4. The molecule has 0 aromatic heterocycles. The number of halogens is 13. The lowest BCUT2D eigenvalue weighted by atomic mass is 10.1. The maximum Gasteiger partial charge on any atom is 0.559 e. The molecule has 0 aromatic carbocycles. The molecule has 0 bridgehead atoms. The molecule has 4 nitrogen and oxygen atoms in total. The van der Waals surface area contributed by atoms with E-state index in [0.717, 1.165) is 12.8 Å². The summed E-state index contributed by atoms with van der Waals surface area (Å²) in [4.78, 5) is 10.8. The summed E-state index contributed by atoms with van der Waals surface area (Å²) in [6, 6.07) is 0. The predicted octanol–water partition coefficient (Wildman–Crippen LogP) is 8.70. The second kappa shape index (κ2) is 58.8. The van der Waals surface area contributed by atoms with Crippen LogP contribution in [-0.2, 0) is 9.47 Å². The second-order valence-electron chi connectivity index (χ2n) is 4.91. The topological polar surface area (TPSA) is 47.6 Å². The summed E-state index contributed by atoms with van der Waals surface area (Å²) < 4.78 is 138. The molecule has 0 aliphatic carbocycles. The molecule has 0 saturated heterocycles. The van der Waals surface area contributed by atoms with Crippen LogP contribution in [0.15, 0.2) is 0 Å². The Morgan fingerprint density at radius 2 is 1.06 bits per heavy atom. The smallest absolute Gasteiger partial charge is 0.447 e. The van der Waals surface area contributed by atoms with Gasteiger partial charge in [0, 0.05) is 6.54 Å². The number of hydrogen-bond acceptors (Lipinski definition) is 3. The van der Waals surface area contributed by atoms with Gasteiger partial charge in [0.25, 0.3) is 0 Å². The van der Waals surface area contributed by atoms with E-state index in [1.54, 1.807) is 6.92 Å². The summed E-state index contributed by atoms with van der Waals surface area (Å²) >= 11 is 0. The van der Waals surface area contributed by atoms with Crippen molar-refractivity contribution in [3.63, 3.8) is 0 Å². The average Bonchev–Trinajstić information content (AvgIpc) is 2.82. The molecule has 0 rings (SSSR count). The highest BCUT2D eigenvalue weighted by molar-refractivity contribution is 5.66. The van der Waals surface area contributed by atoms with Crippen LogP contribution in [0.3, 0.4) is 0 Å². The number of carbonyl (C=O) groups excluding carboxylic acids is 1. The molecule has 0 fully saturated rings. The third-order valence-electron chi connectivity index (χ3n) is 2.20. The van der Waals surface area contributed by atoms with E-state index in [9.17, 15) is 61.9 Å². The van der Waals surface area contributed by atoms with Crippen LogP contribution in [0.2, 0.25) is 0 Å².